The molecule has 2 aromatic carbocycles. The van der Waals surface area contributed by atoms with E-state index >= 15 is 0 Å². The summed E-state index contributed by atoms with van der Waals surface area (Å²) in [6, 6.07) is 12.2. The standard InChI is InChI=1S/C15H15N3O3S/c1-10-5-3-4-6-12(10)16-15(22)17-13-8-7-11(21-2)9-14(13)18(19)20/h3-9H,1-2H3,(H2,16,17,22). The van der Waals surface area contributed by atoms with E-state index in [0.717, 1.165) is 11.3 Å². The van der Waals surface area contributed by atoms with Crippen molar-refractivity contribution in [1.29, 1.82) is 0 Å². The lowest BCUT2D eigenvalue weighted by Crippen LogP contribution is -2.20. The van der Waals surface area contributed by atoms with Gasteiger partial charge in [-0.25, -0.2) is 0 Å². The number of para-hydroxylation sites is 1. The summed E-state index contributed by atoms with van der Waals surface area (Å²) in [5, 5.41) is 17.3. The van der Waals surface area contributed by atoms with Gasteiger partial charge in [0.25, 0.3) is 5.69 Å². The molecule has 0 aromatic heterocycles. The summed E-state index contributed by atoms with van der Waals surface area (Å²) in [7, 11) is 1.45. The molecule has 0 saturated heterocycles. The van der Waals surface area contributed by atoms with Gasteiger partial charge in [0.2, 0.25) is 0 Å². The fourth-order valence-electron chi connectivity index (χ4n) is 1.88. The Bertz CT molecular complexity index is 719. The number of benzene rings is 2. The highest BCUT2D eigenvalue weighted by molar-refractivity contribution is 7.80. The molecule has 0 aliphatic heterocycles. The van der Waals surface area contributed by atoms with Crippen molar-refractivity contribution in [3.63, 3.8) is 0 Å². The Morgan fingerprint density at radius 1 is 1.18 bits per heavy atom. The van der Waals surface area contributed by atoms with Gasteiger partial charge in [0.1, 0.15) is 11.4 Å². The molecule has 0 radical (unpaired) electrons. The van der Waals surface area contributed by atoms with Crippen LogP contribution in [0.25, 0.3) is 0 Å². The van der Waals surface area contributed by atoms with Gasteiger partial charge in [0.05, 0.1) is 18.1 Å². The van der Waals surface area contributed by atoms with E-state index in [2.05, 4.69) is 10.6 Å². The minimum Gasteiger partial charge on any atom is -0.496 e. The number of hydrogen-bond donors (Lipinski definition) is 2. The van der Waals surface area contributed by atoms with Crippen LogP contribution in [0.1, 0.15) is 5.56 Å². The first-order chi connectivity index (χ1) is 10.5. The molecule has 2 rings (SSSR count). The fourth-order valence-corrected chi connectivity index (χ4v) is 2.10. The Hall–Kier alpha value is -2.67. The van der Waals surface area contributed by atoms with Crippen LogP contribution in [-0.2, 0) is 0 Å². The van der Waals surface area contributed by atoms with Crippen LogP contribution in [0.3, 0.4) is 0 Å². The SMILES string of the molecule is COc1ccc(NC(=S)Nc2ccccc2C)c([N+](=O)[O-])c1. The Morgan fingerprint density at radius 3 is 2.50 bits per heavy atom. The molecule has 6 nitrogen and oxygen atoms in total. The predicted octanol–water partition coefficient (Wildman–Crippen LogP) is 3.72. The molecule has 2 aromatic rings. The van der Waals surface area contributed by atoms with E-state index < -0.39 is 4.92 Å². The maximum absolute atomic E-state index is 11.1. The number of methoxy groups -OCH3 is 1. The quantitative estimate of drug-likeness (QED) is 0.508. The average Bonchev–Trinajstić information content (AvgIpc) is 2.49. The molecule has 0 unspecified atom stereocenters. The maximum Gasteiger partial charge on any atom is 0.296 e. The van der Waals surface area contributed by atoms with Crippen molar-refractivity contribution in [1.82, 2.24) is 0 Å². The number of hydrogen-bond acceptors (Lipinski definition) is 4. The Balaban J connectivity index is 2.18. The molecule has 2 N–H and O–H groups in total. The second-order valence-corrected chi connectivity index (χ2v) is 4.94. The molecule has 0 aliphatic carbocycles. The third-order valence-corrected chi connectivity index (χ3v) is 3.25. The third-order valence-electron chi connectivity index (χ3n) is 3.04. The van der Waals surface area contributed by atoms with Gasteiger partial charge in [-0.1, -0.05) is 18.2 Å². The van der Waals surface area contributed by atoms with E-state index in [1.54, 1.807) is 12.1 Å². The molecule has 114 valence electrons. The number of aryl methyl sites for hydroxylation is 1. The molecular formula is C15H15N3O3S. The maximum atomic E-state index is 11.1. The lowest BCUT2D eigenvalue weighted by Gasteiger charge is -2.13. The number of nitro benzene ring substituents is 1. The molecule has 7 heteroatoms. The highest BCUT2D eigenvalue weighted by atomic mass is 32.1. The zero-order valence-electron chi connectivity index (χ0n) is 12.1. The fraction of sp³-hybridized carbons (Fsp3) is 0.133. The second-order valence-electron chi connectivity index (χ2n) is 4.53. The van der Waals surface area contributed by atoms with Crippen LogP contribution < -0.4 is 15.4 Å². The van der Waals surface area contributed by atoms with Crippen LogP contribution in [0.2, 0.25) is 0 Å². The van der Waals surface area contributed by atoms with Crippen molar-refractivity contribution in [2.24, 2.45) is 0 Å². The van der Waals surface area contributed by atoms with Crippen molar-refractivity contribution in [2.75, 3.05) is 17.7 Å². The van der Waals surface area contributed by atoms with E-state index in [-0.39, 0.29) is 10.8 Å². The van der Waals surface area contributed by atoms with Crippen molar-refractivity contribution < 1.29 is 9.66 Å². The molecule has 0 heterocycles. The molecular weight excluding hydrogens is 302 g/mol. The van der Waals surface area contributed by atoms with E-state index in [1.807, 2.05) is 31.2 Å². The summed E-state index contributed by atoms with van der Waals surface area (Å²) in [6.07, 6.45) is 0. The van der Waals surface area contributed by atoms with Gasteiger partial charge in [-0.15, -0.1) is 0 Å². The molecule has 0 amide bonds. The Kier molecular flexibility index (Phi) is 4.90. The highest BCUT2D eigenvalue weighted by Crippen LogP contribution is 2.29. The van der Waals surface area contributed by atoms with Crippen molar-refractivity contribution in [3.05, 3.63) is 58.1 Å². The Labute approximate surface area is 133 Å². The van der Waals surface area contributed by atoms with Crippen molar-refractivity contribution in [2.45, 2.75) is 6.92 Å². The molecule has 0 fully saturated rings. The first-order valence-electron chi connectivity index (χ1n) is 6.47. The van der Waals surface area contributed by atoms with Crippen LogP contribution in [0.15, 0.2) is 42.5 Å². The summed E-state index contributed by atoms with van der Waals surface area (Å²) in [6.45, 7) is 1.95. The summed E-state index contributed by atoms with van der Waals surface area (Å²) < 4.78 is 5.00. The minimum atomic E-state index is -0.485. The average molecular weight is 317 g/mol. The number of ether oxygens (including phenoxy) is 1. The lowest BCUT2D eigenvalue weighted by atomic mass is 10.2. The summed E-state index contributed by atoms with van der Waals surface area (Å²) in [5.74, 6) is 0.412. The number of thiocarbonyl (C=S) groups is 1. The first kappa shape index (κ1) is 15.7. The van der Waals surface area contributed by atoms with Crippen LogP contribution >= 0.6 is 12.2 Å². The number of rotatable bonds is 4. The molecule has 0 spiro atoms. The number of anilines is 2. The van der Waals surface area contributed by atoms with Gasteiger partial charge in [-0.05, 0) is 42.9 Å². The van der Waals surface area contributed by atoms with E-state index in [0.29, 0.717) is 11.4 Å². The predicted molar refractivity (Wildman–Crippen MR) is 90.7 cm³/mol. The smallest absolute Gasteiger partial charge is 0.296 e. The van der Waals surface area contributed by atoms with Gasteiger partial charge in [-0.3, -0.25) is 10.1 Å². The monoisotopic (exact) mass is 317 g/mol. The summed E-state index contributed by atoms with van der Waals surface area (Å²) >= 11 is 5.21. The van der Waals surface area contributed by atoms with Gasteiger partial charge in [0, 0.05) is 5.69 Å². The van der Waals surface area contributed by atoms with Crippen molar-refractivity contribution >= 4 is 34.4 Å². The summed E-state index contributed by atoms with van der Waals surface area (Å²) in [4.78, 5) is 10.6. The largest absolute Gasteiger partial charge is 0.496 e. The number of nitro groups is 1. The Morgan fingerprint density at radius 2 is 1.86 bits per heavy atom. The topological polar surface area (TPSA) is 76.4 Å². The van der Waals surface area contributed by atoms with Crippen LogP contribution in [0, 0.1) is 17.0 Å². The van der Waals surface area contributed by atoms with Gasteiger partial charge < -0.3 is 15.4 Å². The van der Waals surface area contributed by atoms with E-state index in [1.165, 1.54) is 13.2 Å². The first-order valence-corrected chi connectivity index (χ1v) is 6.88. The highest BCUT2D eigenvalue weighted by Gasteiger charge is 2.16. The zero-order valence-corrected chi connectivity index (χ0v) is 12.9. The van der Waals surface area contributed by atoms with Crippen LogP contribution in [0.5, 0.6) is 5.75 Å². The van der Waals surface area contributed by atoms with Crippen LogP contribution in [-0.4, -0.2) is 17.1 Å². The molecule has 0 saturated carbocycles. The van der Waals surface area contributed by atoms with Crippen LogP contribution in [0.4, 0.5) is 17.1 Å². The minimum absolute atomic E-state index is 0.103. The van der Waals surface area contributed by atoms with Gasteiger partial charge >= 0.3 is 0 Å². The molecule has 0 aliphatic rings. The number of nitrogens with zero attached hydrogens (tertiary/aromatic N) is 1. The normalized spacial score (nSPS) is 9.91. The molecule has 22 heavy (non-hydrogen) atoms. The summed E-state index contributed by atoms with van der Waals surface area (Å²) in [5.41, 5.74) is 2.07. The zero-order chi connectivity index (χ0) is 16.1. The van der Waals surface area contributed by atoms with Crippen molar-refractivity contribution in [3.8, 4) is 5.75 Å². The second kappa shape index (κ2) is 6.86. The van der Waals surface area contributed by atoms with E-state index in [9.17, 15) is 10.1 Å². The lowest BCUT2D eigenvalue weighted by molar-refractivity contribution is -0.384. The van der Waals surface area contributed by atoms with Gasteiger partial charge in [-0.2, -0.15) is 0 Å². The molecule has 0 atom stereocenters. The third kappa shape index (κ3) is 3.70. The molecule has 0 bridgehead atoms. The van der Waals surface area contributed by atoms with Gasteiger partial charge in [0.15, 0.2) is 5.11 Å². The van der Waals surface area contributed by atoms with E-state index in [4.69, 9.17) is 17.0 Å². The number of nitrogens with one attached hydrogen (secondary N) is 2.